The number of halogens is 1. The minimum atomic E-state index is -0.00776. The lowest BCUT2D eigenvalue weighted by Gasteiger charge is -2.25. The number of ketones is 1. The second kappa shape index (κ2) is 7.84. The number of fused-ring (bicyclic) bond motifs is 1. The van der Waals surface area contributed by atoms with Crippen LogP contribution in [-0.4, -0.2) is 40.1 Å². The predicted molar refractivity (Wildman–Crippen MR) is 109 cm³/mol. The van der Waals surface area contributed by atoms with Crippen molar-refractivity contribution in [2.45, 2.75) is 19.8 Å². The third-order valence-electron chi connectivity index (χ3n) is 4.94. The zero-order chi connectivity index (χ0) is 19.7. The van der Waals surface area contributed by atoms with Crippen LogP contribution in [-0.2, 0) is 4.84 Å². The Kier molecular flexibility index (Phi) is 5.27. The summed E-state index contributed by atoms with van der Waals surface area (Å²) < 4.78 is 2.85. The van der Waals surface area contributed by atoms with Crippen LogP contribution in [0.1, 0.15) is 34.5 Å². The van der Waals surface area contributed by atoms with Crippen LogP contribution in [0.3, 0.4) is 0 Å². The summed E-state index contributed by atoms with van der Waals surface area (Å²) in [4.78, 5) is 23.3. The first-order valence-electron chi connectivity index (χ1n) is 9.16. The summed E-state index contributed by atoms with van der Waals surface area (Å²) in [5.74, 6) is -0.00776. The Labute approximate surface area is 171 Å². The molecule has 7 heteroatoms. The van der Waals surface area contributed by atoms with Crippen molar-refractivity contribution in [2.24, 2.45) is 0 Å². The van der Waals surface area contributed by atoms with Crippen LogP contribution in [0.2, 0.25) is 0 Å². The summed E-state index contributed by atoms with van der Waals surface area (Å²) in [7, 11) is 0. The number of pyridine rings is 1. The molecule has 1 aliphatic rings. The van der Waals surface area contributed by atoms with Gasteiger partial charge in [0.25, 0.3) is 0 Å². The van der Waals surface area contributed by atoms with Gasteiger partial charge in [-0.05, 0) is 66.0 Å². The molecule has 1 aliphatic heterocycles. The second-order valence-electron chi connectivity index (χ2n) is 6.80. The minimum absolute atomic E-state index is 0.00776. The maximum absolute atomic E-state index is 13.1. The molecule has 2 aromatic heterocycles. The van der Waals surface area contributed by atoms with Crippen LogP contribution < -0.4 is 0 Å². The molecule has 0 N–H and O–H groups in total. The maximum atomic E-state index is 13.1. The van der Waals surface area contributed by atoms with Crippen molar-refractivity contribution in [3.8, 4) is 11.8 Å². The van der Waals surface area contributed by atoms with Gasteiger partial charge >= 0.3 is 0 Å². The number of nitrogens with zero attached hydrogens (tertiary/aromatic N) is 4. The van der Waals surface area contributed by atoms with E-state index in [2.05, 4.69) is 27.0 Å². The molecule has 3 heterocycles. The van der Waals surface area contributed by atoms with E-state index in [4.69, 9.17) is 10.1 Å². The number of hydrogen-bond acceptors (Lipinski definition) is 5. The van der Waals surface area contributed by atoms with Gasteiger partial charge in [0.2, 0.25) is 0 Å². The van der Waals surface area contributed by atoms with E-state index >= 15 is 0 Å². The number of carbonyl (C=O) groups is 1. The lowest BCUT2D eigenvalue weighted by molar-refractivity contribution is -0.172. The fraction of sp³-hybridized carbons (Fsp3) is 0.286. The molecule has 4 rings (SSSR count). The van der Waals surface area contributed by atoms with Crippen LogP contribution >= 0.6 is 15.9 Å². The quantitative estimate of drug-likeness (QED) is 0.571. The summed E-state index contributed by atoms with van der Waals surface area (Å²) >= 11 is 3.48. The average molecular weight is 439 g/mol. The molecule has 6 nitrogen and oxygen atoms in total. The van der Waals surface area contributed by atoms with Crippen molar-refractivity contribution in [1.82, 2.24) is 14.6 Å². The lowest BCUT2D eigenvalue weighted by atomic mass is 10.1. The molecule has 0 radical (unpaired) electrons. The third-order valence-corrected chi connectivity index (χ3v) is 5.37. The van der Waals surface area contributed by atoms with Crippen LogP contribution in [0, 0.1) is 18.3 Å². The van der Waals surface area contributed by atoms with Gasteiger partial charge in [-0.3, -0.25) is 14.6 Å². The SMILES string of the molecule is Cc1c(C(=O)CN2CCCCO2)c2ncc(Br)cc2n1-c1ccc(C#N)cc1. The smallest absolute Gasteiger partial charge is 0.183 e. The van der Waals surface area contributed by atoms with Crippen molar-refractivity contribution in [3.05, 3.63) is 57.8 Å². The molecule has 1 saturated heterocycles. The van der Waals surface area contributed by atoms with E-state index in [1.54, 1.807) is 23.4 Å². The van der Waals surface area contributed by atoms with Gasteiger partial charge in [0.05, 0.1) is 41.4 Å². The van der Waals surface area contributed by atoms with Crippen molar-refractivity contribution >= 4 is 32.7 Å². The Morgan fingerprint density at radius 2 is 2.11 bits per heavy atom. The summed E-state index contributed by atoms with van der Waals surface area (Å²) in [6.45, 7) is 3.56. The van der Waals surface area contributed by atoms with Crippen LogP contribution in [0.15, 0.2) is 41.0 Å². The van der Waals surface area contributed by atoms with Gasteiger partial charge in [-0.1, -0.05) is 0 Å². The number of hydrogen-bond donors (Lipinski definition) is 0. The molecular formula is C21H19BrN4O2. The number of benzene rings is 1. The summed E-state index contributed by atoms with van der Waals surface area (Å²) in [5, 5.41) is 10.8. The first-order valence-corrected chi connectivity index (χ1v) is 9.96. The highest BCUT2D eigenvalue weighted by Gasteiger charge is 2.24. The molecule has 0 saturated carbocycles. The number of nitriles is 1. The van der Waals surface area contributed by atoms with E-state index in [1.165, 1.54) is 0 Å². The monoisotopic (exact) mass is 438 g/mol. The Balaban J connectivity index is 1.81. The van der Waals surface area contributed by atoms with Gasteiger partial charge in [-0.15, -0.1) is 0 Å². The molecule has 28 heavy (non-hydrogen) atoms. The van der Waals surface area contributed by atoms with E-state index < -0.39 is 0 Å². The molecule has 0 amide bonds. The Bertz CT molecular complexity index is 1080. The maximum Gasteiger partial charge on any atom is 0.183 e. The molecular weight excluding hydrogens is 420 g/mol. The fourth-order valence-corrected chi connectivity index (χ4v) is 3.94. The van der Waals surface area contributed by atoms with Crippen molar-refractivity contribution < 1.29 is 9.63 Å². The van der Waals surface area contributed by atoms with Gasteiger partial charge in [0, 0.05) is 28.6 Å². The third kappa shape index (κ3) is 3.47. The molecule has 0 atom stereocenters. The van der Waals surface area contributed by atoms with Crippen LogP contribution in [0.25, 0.3) is 16.7 Å². The summed E-state index contributed by atoms with van der Waals surface area (Å²) in [5.41, 5.74) is 4.44. The number of aromatic nitrogens is 2. The number of rotatable bonds is 4. The lowest BCUT2D eigenvalue weighted by Crippen LogP contribution is -2.34. The Morgan fingerprint density at radius 1 is 1.32 bits per heavy atom. The first kappa shape index (κ1) is 18.8. The second-order valence-corrected chi connectivity index (χ2v) is 7.72. The van der Waals surface area contributed by atoms with Crippen LogP contribution in [0.5, 0.6) is 0 Å². The topological polar surface area (TPSA) is 71.2 Å². The van der Waals surface area contributed by atoms with Gasteiger partial charge in [0.15, 0.2) is 5.78 Å². The summed E-state index contributed by atoms with van der Waals surface area (Å²) in [6, 6.07) is 11.4. The van der Waals surface area contributed by atoms with E-state index in [0.29, 0.717) is 23.3 Å². The number of hydroxylamine groups is 2. The zero-order valence-corrected chi connectivity index (χ0v) is 17.1. The van der Waals surface area contributed by atoms with E-state index in [0.717, 1.165) is 40.8 Å². The van der Waals surface area contributed by atoms with Gasteiger partial charge < -0.3 is 4.57 Å². The molecule has 1 aromatic carbocycles. The zero-order valence-electron chi connectivity index (χ0n) is 15.5. The van der Waals surface area contributed by atoms with E-state index in [-0.39, 0.29) is 12.3 Å². The van der Waals surface area contributed by atoms with E-state index in [9.17, 15) is 4.79 Å². The number of carbonyl (C=O) groups excluding carboxylic acids is 1. The molecule has 0 unspecified atom stereocenters. The van der Waals surface area contributed by atoms with Gasteiger partial charge in [0.1, 0.15) is 0 Å². The van der Waals surface area contributed by atoms with Crippen molar-refractivity contribution in [1.29, 1.82) is 5.26 Å². The fourth-order valence-electron chi connectivity index (χ4n) is 3.62. The molecule has 3 aromatic rings. The van der Waals surface area contributed by atoms with Crippen molar-refractivity contribution in [2.75, 3.05) is 19.7 Å². The highest BCUT2D eigenvalue weighted by molar-refractivity contribution is 9.10. The minimum Gasteiger partial charge on any atom is -0.311 e. The molecule has 1 fully saturated rings. The van der Waals surface area contributed by atoms with Crippen LogP contribution in [0.4, 0.5) is 0 Å². The average Bonchev–Trinajstić information content (AvgIpc) is 3.00. The predicted octanol–water partition coefficient (Wildman–Crippen LogP) is 4.18. The first-order chi connectivity index (χ1) is 13.6. The molecule has 0 spiro atoms. The van der Waals surface area contributed by atoms with Gasteiger partial charge in [-0.2, -0.15) is 10.3 Å². The standard InChI is InChI=1S/C21H19BrN4O2/c1-14-20(19(27)13-25-8-2-3-9-28-25)21-18(10-16(22)12-24-21)26(14)17-6-4-15(11-23)5-7-17/h4-7,10,12H,2-3,8-9,13H2,1H3. The highest BCUT2D eigenvalue weighted by Crippen LogP contribution is 2.30. The van der Waals surface area contributed by atoms with Crippen molar-refractivity contribution in [3.63, 3.8) is 0 Å². The Morgan fingerprint density at radius 3 is 2.79 bits per heavy atom. The van der Waals surface area contributed by atoms with E-state index in [1.807, 2.05) is 29.7 Å². The summed E-state index contributed by atoms with van der Waals surface area (Å²) in [6.07, 6.45) is 3.76. The normalized spacial score (nSPS) is 14.9. The largest absolute Gasteiger partial charge is 0.311 e. The highest BCUT2D eigenvalue weighted by atomic mass is 79.9. The van der Waals surface area contributed by atoms with Gasteiger partial charge in [-0.25, -0.2) is 0 Å². The number of Topliss-reactive ketones (excluding diaryl/α,β-unsaturated/α-hetero) is 1. The molecule has 0 bridgehead atoms. The Hall–Kier alpha value is -2.53. The molecule has 0 aliphatic carbocycles. The molecule has 142 valence electrons.